The monoisotopic (exact) mass is 540 g/mol. The molecule has 0 saturated heterocycles. The second kappa shape index (κ2) is 11.6. The van der Waals surface area contributed by atoms with Gasteiger partial charge in [-0.25, -0.2) is 4.99 Å². The Morgan fingerprint density at radius 1 is 1.35 bits per heavy atom. The first-order valence-corrected chi connectivity index (χ1v) is 9.08. The van der Waals surface area contributed by atoms with Crippen LogP contribution in [0.1, 0.15) is 33.3 Å². The van der Waals surface area contributed by atoms with Crippen molar-refractivity contribution in [2.75, 3.05) is 27.2 Å². The molecule has 0 atom stereocenters. The lowest BCUT2D eigenvalue weighted by molar-refractivity contribution is -0.122. The van der Waals surface area contributed by atoms with Gasteiger partial charge in [0.05, 0.1) is 20.2 Å². The Kier molecular flexibility index (Phi) is 11.2. The number of hydrogen-bond donors (Lipinski definition) is 2. The lowest BCUT2D eigenvalue weighted by Crippen LogP contribution is -2.48. The summed E-state index contributed by atoms with van der Waals surface area (Å²) in [6, 6.07) is 5.82. The minimum absolute atomic E-state index is 0. The van der Waals surface area contributed by atoms with E-state index in [0.717, 1.165) is 22.3 Å². The van der Waals surface area contributed by atoms with E-state index in [2.05, 4.69) is 31.6 Å². The standard InChI is InChI=1S/C18H29BrN4O2.HI/c1-7-20-17(23(5)12-16(24)22-18(2,3)4)21-11-13-10-14(19)8-9-15(13)25-6;/h8-10H,7,11-12H2,1-6H3,(H,20,21)(H,22,24);1H. The van der Waals surface area contributed by atoms with Gasteiger partial charge in [0.25, 0.3) is 0 Å². The van der Waals surface area contributed by atoms with E-state index in [0.29, 0.717) is 12.5 Å². The molecular formula is C18H30BrIN4O2. The maximum atomic E-state index is 12.1. The second-order valence-electron chi connectivity index (χ2n) is 6.78. The highest BCUT2D eigenvalue weighted by atomic mass is 127. The van der Waals surface area contributed by atoms with E-state index in [1.54, 1.807) is 7.11 Å². The first-order valence-electron chi connectivity index (χ1n) is 8.29. The molecular weight excluding hydrogens is 511 g/mol. The number of methoxy groups -OCH3 is 1. The van der Waals surface area contributed by atoms with Crippen molar-refractivity contribution in [2.45, 2.75) is 39.8 Å². The third-order valence-corrected chi connectivity index (χ3v) is 3.73. The molecule has 6 nitrogen and oxygen atoms in total. The van der Waals surface area contributed by atoms with E-state index < -0.39 is 0 Å². The first kappa shape index (κ1) is 25.0. The number of halogens is 2. The number of nitrogens with zero attached hydrogens (tertiary/aromatic N) is 2. The van der Waals surface area contributed by atoms with E-state index >= 15 is 0 Å². The van der Waals surface area contributed by atoms with Gasteiger partial charge in [-0.2, -0.15) is 0 Å². The third-order valence-electron chi connectivity index (χ3n) is 3.23. The first-order chi connectivity index (χ1) is 11.7. The van der Waals surface area contributed by atoms with Crippen LogP contribution >= 0.6 is 39.9 Å². The zero-order valence-corrected chi connectivity index (χ0v) is 20.3. The Bertz CT molecular complexity index is 618. The number of amides is 1. The van der Waals surface area contributed by atoms with Crippen molar-refractivity contribution in [1.29, 1.82) is 0 Å². The fourth-order valence-electron chi connectivity index (χ4n) is 2.25. The predicted molar refractivity (Wildman–Crippen MR) is 121 cm³/mol. The van der Waals surface area contributed by atoms with E-state index in [1.165, 1.54) is 0 Å². The van der Waals surface area contributed by atoms with Crippen molar-refractivity contribution < 1.29 is 9.53 Å². The van der Waals surface area contributed by atoms with Gasteiger partial charge in [-0.1, -0.05) is 15.9 Å². The zero-order valence-electron chi connectivity index (χ0n) is 16.4. The molecule has 0 spiro atoms. The van der Waals surface area contributed by atoms with Gasteiger partial charge in [0.1, 0.15) is 5.75 Å². The Morgan fingerprint density at radius 3 is 2.54 bits per heavy atom. The molecule has 2 N–H and O–H groups in total. The molecule has 1 rings (SSSR count). The molecule has 0 unspecified atom stereocenters. The molecule has 1 aromatic carbocycles. The molecule has 148 valence electrons. The number of hydrogen-bond acceptors (Lipinski definition) is 3. The highest BCUT2D eigenvalue weighted by molar-refractivity contribution is 14.0. The number of nitrogens with one attached hydrogen (secondary N) is 2. The Hall–Kier alpha value is -1.03. The Morgan fingerprint density at radius 2 is 2.00 bits per heavy atom. The van der Waals surface area contributed by atoms with Crippen molar-refractivity contribution in [3.05, 3.63) is 28.2 Å². The molecule has 0 radical (unpaired) electrons. The van der Waals surface area contributed by atoms with Crippen molar-refractivity contribution >= 4 is 51.8 Å². The van der Waals surface area contributed by atoms with Gasteiger partial charge in [-0.15, -0.1) is 24.0 Å². The number of carbonyl (C=O) groups is 1. The van der Waals surface area contributed by atoms with E-state index in [-0.39, 0.29) is 42.0 Å². The summed E-state index contributed by atoms with van der Waals surface area (Å²) < 4.78 is 6.36. The number of benzene rings is 1. The van der Waals surface area contributed by atoms with Gasteiger partial charge in [0.15, 0.2) is 5.96 Å². The van der Waals surface area contributed by atoms with Crippen molar-refractivity contribution in [3.63, 3.8) is 0 Å². The van der Waals surface area contributed by atoms with Crippen LogP contribution in [0.3, 0.4) is 0 Å². The molecule has 8 heteroatoms. The Labute approximate surface area is 182 Å². The molecule has 1 amide bonds. The van der Waals surface area contributed by atoms with E-state index in [4.69, 9.17) is 4.74 Å². The lowest BCUT2D eigenvalue weighted by Gasteiger charge is -2.25. The van der Waals surface area contributed by atoms with E-state index in [1.807, 2.05) is 57.8 Å². The van der Waals surface area contributed by atoms with Crippen LogP contribution in [0.25, 0.3) is 0 Å². The van der Waals surface area contributed by atoms with Gasteiger partial charge in [-0.05, 0) is 45.9 Å². The van der Waals surface area contributed by atoms with Crippen molar-refractivity contribution in [2.24, 2.45) is 4.99 Å². The van der Waals surface area contributed by atoms with Gasteiger partial charge in [0.2, 0.25) is 5.91 Å². The number of aliphatic imine (C=N–C) groups is 1. The Balaban J connectivity index is 0.00000625. The third kappa shape index (κ3) is 9.07. The van der Waals surface area contributed by atoms with Crippen LogP contribution in [0, 0.1) is 0 Å². The summed E-state index contributed by atoms with van der Waals surface area (Å²) in [4.78, 5) is 18.6. The summed E-state index contributed by atoms with van der Waals surface area (Å²) in [5, 5.41) is 6.17. The molecule has 0 aliphatic carbocycles. The normalized spacial score (nSPS) is 11.4. The number of rotatable bonds is 6. The molecule has 0 aromatic heterocycles. The zero-order chi connectivity index (χ0) is 19.0. The predicted octanol–water partition coefficient (Wildman–Crippen LogP) is 3.39. The van der Waals surface area contributed by atoms with Gasteiger partial charge in [-0.3, -0.25) is 4.79 Å². The SMILES string of the molecule is CCNC(=NCc1cc(Br)ccc1OC)N(C)CC(=O)NC(C)(C)C.I. The molecule has 26 heavy (non-hydrogen) atoms. The summed E-state index contributed by atoms with van der Waals surface area (Å²) >= 11 is 3.47. The molecule has 0 saturated carbocycles. The van der Waals surface area contributed by atoms with Gasteiger partial charge in [0, 0.05) is 29.2 Å². The fraction of sp³-hybridized carbons (Fsp3) is 0.556. The molecule has 0 bridgehead atoms. The average molecular weight is 541 g/mol. The summed E-state index contributed by atoms with van der Waals surface area (Å²) in [6.45, 7) is 9.30. The highest BCUT2D eigenvalue weighted by Gasteiger charge is 2.16. The summed E-state index contributed by atoms with van der Waals surface area (Å²) in [7, 11) is 3.49. The largest absolute Gasteiger partial charge is 0.496 e. The average Bonchev–Trinajstić information content (AvgIpc) is 2.49. The summed E-state index contributed by atoms with van der Waals surface area (Å²) in [6.07, 6.45) is 0. The van der Waals surface area contributed by atoms with Crippen LogP contribution in [-0.2, 0) is 11.3 Å². The highest BCUT2D eigenvalue weighted by Crippen LogP contribution is 2.23. The van der Waals surface area contributed by atoms with Gasteiger partial charge < -0.3 is 20.3 Å². The minimum Gasteiger partial charge on any atom is -0.496 e. The van der Waals surface area contributed by atoms with Crippen LogP contribution in [-0.4, -0.2) is 49.6 Å². The number of likely N-dealkylation sites (N-methyl/N-ethyl adjacent to an activating group) is 1. The van der Waals surface area contributed by atoms with Crippen LogP contribution in [0.4, 0.5) is 0 Å². The number of ether oxygens (including phenoxy) is 1. The number of guanidine groups is 1. The van der Waals surface area contributed by atoms with Crippen LogP contribution in [0.5, 0.6) is 5.75 Å². The van der Waals surface area contributed by atoms with Crippen molar-refractivity contribution in [1.82, 2.24) is 15.5 Å². The lowest BCUT2D eigenvalue weighted by atomic mass is 10.1. The summed E-state index contributed by atoms with van der Waals surface area (Å²) in [5.41, 5.74) is 0.719. The molecule has 0 fully saturated rings. The fourth-order valence-corrected chi connectivity index (χ4v) is 2.66. The quantitative estimate of drug-likeness (QED) is 0.330. The van der Waals surface area contributed by atoms with Crippen LogP contribution in [0.2, 0.25) is 0 Å². The maximum Gasteiger partial charge on any atom is 0.240 e. The van der Waals surface area contributed by atoms with E-state index in [9.17, 15) is 4.79 Å². The van der Waals surface area contributed by atoms with Gasteiger partial charge >= 0.3 is 0 Å². The molecule has 0 aliphatic heterocycles. The topological polar surface area (TPSA) is 66.0 Å². The minimum atomic E-state index is -0.253. The number of carbonyl (C=O) groups excluding carboxylic acids is 1. The van der Waals surface area contributed by atoms with Crippen molar-refractivity contribution in [3.8, 4) is 5.75 Å². The summed E-state index contributed by atoms with van der Waals surface area (Å²) in [5.74, 6) is 1.42. The smallest absolute Gasteiger partial charge is 0.240 e. The maximum absolute atomic E-state index is 12.1. The molecule has 0 heterocycles. The van der Waals surface area contributed by atoms with Crippen LogP contribution < -0.4 is 15.4 Å². The van der Waals surface area contributed by atoms with Crippen LogP contribution in [0.15, 0.2) is 27.7 Å². The second-order valence-corrected chi connectivity index (χ2v) is 7.70. The molecule has 1 aromatic rings. The molecule has 0 aliphatic rings.